The van der Waals surface area contributed by atoms with Crippen molar-refractivity contribution in [2.24, 2.45) is 0 Å². The fourth-order valence-corrected chi connectivity index (χ4v) is 2.35. The second-order valence-electron chi connectivity index (χ2n) is 4.88. The average Bonchev–Trinajstić information content (AvgIpc) is 2.48. The molecule has 0 aliphatic rings. The van der Waals surface area contributed by atoms with Crippen LogP contribution >= 0.6 is 11.6 Å². The molecule has 0 bridgehead atoms. The molecule has 21 heavy (non-hydrogen) atoms. The van der Waals surface area contributed by atoms with Crippen LogP contribution in [0.2, 0.25) is 5.15 Å². The molecule has 0 spiro atoms. The Hall–Kier alpha value is -1.81. The van der Waals surface area contributed by atoms with Crippen molar-refractivity contribution >= 4 is 28.8 Å². The molecule has 2 aromatic rings. The number of rotatable bonds is 5. The summed E-state index contributed by atoms with van der Waals surface area (Å²) < 4.78 is 0. The summed E-state index contributed by atoms with van der Waals surface area (Å²) in [6, 6.07) is 8.25. The van der Waals surface area contributed by atoms with Crippen LogP contribution in [-0.2, 0) is 0 Å². The van der Waals surface area contributed by atoms with Gasteiger partial charge in [0.1, 0.15) is 0 Å². The highest BCUT2D eigenvalue weighted by molar-refractivity contribution is 6.31. The molecule has 0 unspecified atom stereocenters. The van der Waals surface area contributed by atoms with Crippen LogP contribution in [0.4, 0.5) is 17.2 Å². The molecule has 1 N–H and O–H groups in total. The number of anilines is 3. The third-order valence-corrected chi connectivity index (χ3v) is 3.79. The van der Waals surface area contributed by atoms with E-state index in [1.54, 1.807) is 0 Å². The lowest BCUT2D eigenvalue weighted by Gasteiger charge is -2.21. The van der Waals surface area contributed by atoms with Crippen molar-refractivity contribution in [1.29, 1.82) is 0 Å². The third-order valence-electron chi connectivity index (χ3n) is 3.52. The Morgan fingerprint density at radius 3 is 2.14 bits per heavy atom. The molecular weight excluding hydrogens is 284 g/mol. The maximum absolute atomic E-state index is 6.13. The van der Waals surface area contributed by atoms with Crippen LogP contribution in [-0.4, -0.2) is 23.1 Å². The molecule has 5 heteroatoms. The lowest BCUT2D eigenvalue weighted by Crippen LogP contribution is -2.21. The molecule has 0 amide bonds. The largest absolute Gasteiger partial charge is 0.372 e. The summed E-state index contributed by atoms with van der Waals surface area (Å²) >= 11 is 6.13. The van der Waals surface area contributed by atoms with Crippen LogP contribution in [0.25, 0.3) is 0 Å². The van der Waals surface area contributed by atoms with E-state index in [0.29, 0.717) is 11.0 Å². The Bertz CT molecular complexity index is 606. The molecule has 0 radical (unpaired) electrons. The van der Waals surface area contributed by atoms with E-state index in [-0.39, 0.29) is 0 Å². The van der Waals surface area contributed by atoms with E-state index in [4.69, 9.17) is 11.6 Å². The van der Waals surface area contributed by atoms with E-state index in [0.717, 1.165) is 30.2 Å². The maximum atomic E-state index is 6.13. The van der Waals surface area contributed by atoms with Gasteiger partial charge in [-0.3, -0.25) is 0 Å². The number of nitrogens with one attached hydrogen (secondary N) is 1. The van der Waals surface area contributed by atoms with E-state index >= 15 is 0 Å². The Balaban J connectivity index is 2.19. The lowest BCUT2D eigenvalue weighted by molar-refractivity contribution is 0.866. The van der Waals surface area contributed by atoms with Crippen molar-refractivity contribution in [3.05, 3.63) is 40.8 Å². The van der Waals surface area contributed by atoms with Gasteiger partial charge in [-0.2, -0.15) is 0 Å². The minimum Gasteiger partial charge on any atom is -0.372 e. The summed E-state index contributed by atoms with van der Waals surface area (Å²) in [6.45, 7) is 10.1. The van der Waals surface area contributed by atoms with Crippen LogP contribution in [0.1, 0.15) is 25.2 Å². The molecule has 1 aromatic carbocycles. The van der Waals surface area contributed by atoms with E-state index < -0.39 is 0 Å². The Morgan fingerprint density at radius 1 is 1.00 bits per heavy atom. The van der Waals surface area contributed by atoms with Crippen molar-refractivity contribution in [3.63, 3.8) is 0 Å². The smallest absolute Gasteiger partial charge is 0.172 e. The zero-order valence-electron chi connectivity index (χ0n) is 12.9. The fraction of sp³-hybridized carbons (Fsp3) is 0.375. The number of halogens is 1. The number of benzene rings is 1. The first-order valence-electron chi connectivity index (χ1n) is 7.18. The first kappa shape index (κ1) is 15.6. The standard InChI is InChI=1S/C16H21ClN4/c1-5-21(6-2)14-9-7-13(8-10-14)20-16-15(17)18-11(3)12(4)19-16/h7-10H,5-6H2,1-4H3,(H,19,20). The maximum Gasteiger partial charge on any atom is 0.172 e. The van der Waals surface area contributed by atoms with Gasteiger partial charge in [-0.25, -0.2) is 9.97 Å². The summed E-state index contributed by atoms with van der Waals surface area (Å²) in [5.41, 5.74) is 3.89. The Morgan fingerprint density at radius 2 is 1.57 bits per heavy atom. The van der Waals surface area contributed by atoms with Crippen molar-refractivity contribution in [2.45, 2.75) is 27.7 Å². The summed E-state index contributed by atoms with van der Waals surface area (Å²) in [4.78, 5) is 11.0. The fourth-order valence-electron chi connectivity index (χ4n) is 2.14. The van der Waals surface area contributed by atoms with Crippen LogP contribution in [0.5, 0.6) is 0 Å². The van der Waals surface area contributed by atoms with E-state index in [2.05, 4.69) is 46.2 Å². The zero-order valence-corrected chi connectivity index (χ0v) is 13.7. The highest BCUT2D eigenvalue weighted by Crippen LogP contribution is 2.24. The molecule has 0 aliphatic carbocycles. The average molecular weight is 305 g/mol. The molecule has 4 nitrogen and oxygen atoms in total. The quantitative estimate of drug-likeness (QED) is 0.892. The molecule has 1 aromatic heterocycles. The van der Waals surface area contributed by atoms with Gasteiger partial charge in [0.2, 0.25) is 0 Å². The lowest BCUT2D eigenvalue weighted by atomic mass is 10.2. The van der Waals surface area contributed by atoms with Gasteiger partial charge < -0.3 is 10.2 Å². The summed E-state index contributed by atoms with van der Waals surface area (Å²) in [5.74, 6) is 0.593. The van der Waals surface area contributed by atoms with Crippen molar-refractivity contribution < 1.29 is 0 Å². The van der Waals surface area contributed by atoms with Crippen molar-refractivity contribution in [2.75, 3.05) is 23.3 Å². The predicted molar refractivity (Wildman–Crippen MR) is 89.8 cm³/mol. The topological polar surface area (TPSA) is 41.0 Å². The van der Waals surface area contributed by atoms with Gasteiger partial charge in [-0.15, -0.1) is 0 Å². The molecule has 0 saturated heterocycles. The van der Waals surface area contributed by atoms with Gasteiger partial charge in [0.25, 0.3) is 0 Å². The number of hydrogen-bond donors (Lipinski definition) is 1. The van der Waals surface area contributed by atoms with Crippen molar-refractivity contribution in [1.82, 2.24) is 9.97 Å². The SMILES string of the molecule is CCN(CC)c1ccc(Nc2nc(C)c(C)nc2Cl)cc1. The normalized spacial score (nSPS) is 10.5. The number of aromatic nitrogens is 2. The Labute approximate surface area is 131 Å². The summed E-state index contributed by atoms with van der Waals surface area (Å²) in [6.07, 6.45) is 0. The Kier molecular flexibility index (Phi) is 5.02. The summed E-state index contributed by atoms with van der Waals surface area (Å²) in [7, 11) is 0. The van der Waals surface area contributed by atoms with Crippen LogP contribution in [0.3, 0.4) is 0 Å². The molecule has 0 fully saturated rings. The van der Waals surface area contributed by atoms with E-state index in [1.807, 2.05) is 26.0 Å². The number of nitrogens with zero attached hydrogens (tertiary/aromatic N) is 3. The minimum atomic E-state index is 0.394. The molecule has 2 rings (SSSR count). The van der Waals surface area contributed by atoms with Gasteiger partial charge in [0, 0.05) is 24.5 Å². The van der Waals surface area contributed by atoms with Crippen LogP contribution in [0.15, 0.2) is 24.3 Å². The minimum absolute atomic E-state index is 0.394. The number of hydrogen-bond acceptors (Lipinski definition) is 4. The molecular formula is C16H21ClN4. The van der Waals surface area contributed by atoms with Gasteiger partial charge in [-0.05, 0) is 52.0 Å². The van der Waals surface area contributed by atoms with Crippen LogP contribution in [0, 0.1) is 13.8 Å². The van der Waals surface area contributed by atoms with Gasteiger partial charge in [0.15, 0.2) is 11.0 Å². The molecule has 112 valence electrons. The van der Waals surface area contributed by atoms with Gasteiger partial charge in [0.05, 0.1) is 11.4 Å². The van der Waals surface area contributed by atoms with Crippen molar-refractivity contribution in [3.8, 4) is 0 Å². The second-order valence-corrected chi connectivity index (χ2v) is 5.24. The molecule has 0 saturated carbocycles. The number of aryl methyl sites for hydroxylation is 2. The van der Waals surface area contributed by atoms with E-state index in [1.165, 1.54) is 5.69 Å². The predicted octanol–water partition coefficient (Wildman–Crippen LogP) is 4.34. The highest BCUT2D eigenvalue weighted by Gasteiger charge is 2.08. The van der Waals surface area contributed by atoms with Gasteiger partial charge >= 0.3 is 0 Å². The second kappa shape index (κ2) is 6.76. The molecule has 0 aliphatic heterocycles. The molecule has 0 atom stereocenters. The first-order chi connectivity index (χ1) is 10.0. The molecule has 1 heterocycles. The van der Waals surface area contributed by atoms with E-state index in [9.17, 15) is 0 Å². The van der Waals surface area contributed by atoms with Crippen LogP contribution < -0.4 is 10.2 Å². The first-order valence-corrected chi connectivity index (χ1v) is 7.55. The third kappa shape index (κ3) is 3.64. The monoisotopic (exact) mass is 304 g/mol. The van der Waals surface area contributed by atoms with Gasteiger partial charge in [-0.1, -0.05) is 11.6 Å². The highest BCUT2D eigenvalue weighted by atomic mass is 35.5. The zero-order chi connectivity index (χ0) is 15.4. The summed E-state index contributed by atoms with van der Waals surface area (Å²) in [5, 5.41) is 3.61.